The van der Waals surface area contributed by atoms with Gasteiger partial charge in [-0.1, -0.05) is 23.4 Å². The summed E-state index contributed by atoms with van der Waals surface area (Å²) in [5.41, 5.74) is 2.26. The predicted molar refractivity (Wildman–Crippen MR) is 83.1 cm³/mol. The van der Waals surface area contributed by atoms with Crippen LogP contribution >= 0.6 is 23.4 Å². The van der Waals surface area contributed by atoms with E-state index in [0.29, 0.717) is 6.61 Å². The van der Waals surface area contributed by atoms with E-state index >= 15 is 0 Å². The number of thioether (sulfide) groups is 1. The Hall–Kier alpha value is -1.18. The first-order chi connectivity index (χ1) is 10.8. The summed E-state index contributed by atoms with van der Waals surface area (Å²) in [6.45, 7) is 1.46. The molecule has 1 fully saturated rings. The number of hydrogen-bond donors (Lipinski definition) is 0. The number of pyridine rings is 1. The monoisotopic (exact) mass is 337 g/mol. The van der Waals surface area contributed by atoms with Crippen molar-refractivity contribution >= 4 is 23.4 Å². The SMILES string of the molecule is Clc1ccnc2c1CCCC2Sc1nnnn1C1CCOC1. The highest BCUT2D eigenvalue weighted by atomic mass is 35.5. The van der Waals surface area contributed by atoms with Gasteiger partial charge < -0.3 is 4.74 Å². The first-order valence-corrected chi connectivity index (χ1v) is 8.74. The standard InChI is InChI=1S/C14H16ClN5OS/c15-11-4-6-16-13-10(11)2-1-3-12(13)22-14-17-18-19-20(14)9-5-7-21-8-9/h4,6,9,12H,1-3,5,7-8H2. The summed E-state index contributed by atoms with van der Waals surface area (Å²) >= 11 is 8.00. The molecule has 3 heterocycles. The van der Waals surface area contributed by atoms with Crippen LogP contribution in [-0.2, 0) is 11.2 Å². The molecule has 2 aromatic rings. The van der Waals surface area contributed by atoms with E-state index in [9.17, 15) is 0 Å². The molecule has 2 atom stereocenters. The Morgan fingerprint density at radius 1 is 1.36 bits per heavy atom. The van der Waals surface area contributed by atoms with Gasteiger partial charge in [0.1, 0.15) is 0 Å². The molecule has 1 aliphatic carbocycles. The Morgan fingerprint density at radius 3 is 3.18 bits per heavy atom. The Bertz CT molecular complexity index is 673. The van der Waals surface area contributed by atoms with Gasteiger partial charge in [0.15, 0.2) is 0 Å². The molecular formula is C14H16ClN5OS. The Labute approximate surface area is 137 Å². The van der Waals surface area contributed by atoms with Crippen molar-refractivity contribution in [2.75, 3.05) is 13.2 Å². The van der Waals surface area contributed by atoms with E-state index in [4.69, 9.17) is 16.3 Å². The van der Waals surface area contributed by atoms with Crippen molar-refractivity contribution in [2.24, 2.45) is 0 Å². The van der Waals surface area contributed by atoms with E-state index in [-0.39, 0.29) is 11.3 Å². The maximum atomic E-state index is 6.31. The first-order valence-electron chi connectivity index (χ1n) is 7.48. The zero-order chi connectivity index (χ0) is 14.9. The fourth-order valence-corrected chi connectivity index (χ4v) is 4.54. The number of halogens is 1. The zero-order valence-corrected chi connectivity index (χ0v) is 13.6. The number of rotatable bonds is 3. The number of nitrogens with zero attached hydrogens (tertiary/aromatic N) is 5. The fraction of sp³-hybridized carbons (Fsp3) is 0.571. The first kappa shape index (κ1) is 14.4. The van der Waals surface area contributed by atoms with Crippen LogP contribution in [-0.4, -0.2) is 38.4 Å². The second-order valence-corrected chi connectivity index (χ2v) is 7.16. The van der Waals surface area contributed by atoms with Crippen LogP contribution in [0.3, 0.4) is 0 Å². The van der Waals surface area contributed by atoms with Gasteiger partial charge in [-0.2, -0.15) is 0 Å². The van der Waals surface area contributed by atoms with E-state index < -0.39 is 0 Å². The van der Waals surface area contributed by atoms with Crippen molar-refractivity contribution in [2.45, 2.75) is 42.1 Å². The molecular weight excluding hydrogens is 322 g/mol. The van der Waals surface area contributed by atoms with E-state index in [1.807, 2.05) is 10.7 Å². The average Bonchev–Trinajstić information content (AvgIpc) is 3.19. The quantitative estimate of drug-likeness (QED) is 0.858. The van der Waals surface area contributed by atoms with Crippen molar-refractivity contribution in [3.63, 3.8) is 0 Å². The molecule has 0 amide bonds. The van der Waals surface area contributed by atoms with Gasteiger partial charge in [0, 0.05) is 17.8 Å². The lowest BCUT2D eigenvalue weighted by Gasteiger charge is -2.24. The highest BCUT2D eigenvalue weighted by Crippen LogP contribution is 2.43. The van der Waals surface area contributed by atoms with Crippen LogP contribution < -0.4 is 0 Å². The lowest BCUT2D eigenvalue weighted by atomic mass is 9.96. The third kappa shape index (κ3) is 2.61. The van der Waals surface area contributed by atoms with Crippen molar-refractivity contribution < 1.29 is 4.74 Å². The van der Waals surface area contributed by atoms with Gasteiger partial charge in [0.25, 0.3) is 0 Å². The van der Waals surface area contributed by atoms with E-state index in [1.165, 1.54) is 5.56 Å². The maximum absolute atomic E-state index is 6.31. The van der Waals surface area contributed by atoms with Crippen molar-refractivity contribution in [1.82, 2.24) is 25.2 Å². The van der Waals surface area contributed by atoms with Gasteiger partial charge >= 0.3 is 0 Å². The number of ether oxygens (including phenoxy) is 1. The second kappa shape index (κ2) is 6.14. The van der Waals surface area contributed by atoms with Crippen LogP contribution in [0.1, 0.15) is 41.8 Å². The summed E-state index contributed by atoms with van der Waals surface area (Å²) in [6.07, 6.45) is 5.93. The average molecular weight is 338 g/mol. The largest absolute Gasteiger partial charge is 0.379 e. The smallest absolute Gasteiger partial charge is 0.210 e. The number of fused-ring (bicyclic) bond motifs is 1. The van der Waals surface area contributed by atoms with Crippen LogP contribution in [0.4, 0.5) is 0 Å². The number of hydrogen-bond acceptors (Lipinski definition) is 6. The van der Waals surface area contributed by atoms with Gasteiger partial charge in [-0.05, 0) is 47.7 Å². The molecule has 2 aliphatic rings. The number of tetrazole rings is 1. The van der Waals surface area contributed by atoms with Gasteiger partial charge in [-0.25, -0.2) is 4.68 Å². The molecule has 22 heavy (non-hydrogen) atoms. The van der Waals surface area contributed by atoms with Crippen molar-refractivity contribution in [3.05, 3.63) is 28.5 Å². The minimum atomic E-state index is 0.243. The summed E-state index contributed by atoms with van der Waals surface area (Å²) in [5.74, 6) is 0. The van der Waals surface area contributed by atoms with Crippen LogP contribution in [0.25, 0.3) is 0 Å². The molecule has 1 aliphatic heterocycles. The molecule has 1 saturated heterocycles. The summed E-state index contributed by atoms with van der Waals surface area (Å²) in [4.78, 5) is 4.56. The topological polar surface area (TPSA) is 65.7 Å². The van der Waals surface area contributed by atoms with Gasteiger partial charge in [0.2, 0.25) is 5.16 Å². The van der Waals surface area contributed by atoms with E-state index in [0.717, 1.165) is 48.2 Å². The molecule has 0 spiro atoms. The maximum Gasteiger partial charge on any atom is 0.210 e. The van der Waals surface area contributed by atoms with Crippen LogP contribution in [0.15, 0.2) is 17.4 Å². The highest BCUT2D eigenvalue weighted by Gasteiger charge is 2.28. The third-order valence-electron chi connectivity index (χ3n) is 4.19. The summed E-state index contributed by atoms with van der Waals surface area (Å²) in [5, 5.41) is 14.1. The van der Waals surface area contributed by atoms with E-state index in [2.05, 4.69) is 20.5 Å². The molecule has 0 N–H and O–H groups in total. The van der Waals surface area contributed by atoms with Crippen LogP contribution in [0.5, 0.6) is 0 Å². The molecule has 0 radical (unpaired) electrons. The van der Waals surface area contributed by atoms with Crippen molar-refractivity contribution in [1.29, 1.82) is 0 Å². The zero-order valence-electron chi connectivity index (χ0n) is 12.0. The Kier molecular flexibility index (Phi) is 4.02. The van der Waals surface area contributed by atoms with Crippen LogP contribution in [0, 0.1) is 0 Å². The molecule has 2 unspecified atom stereocenters. The molecule has 4 rings (SSSR count). The van der Waals surface area contributed by atoms with Crippen LogP contribution in [0.2, 0.25) is 5.02 Å². The minimum absolute atomic E-state index is 0.243. The fourth-order valence-electron chi connectivity index (χ4n) is 3.06. The molecule has 8 heteroatoms. The minimum Gasteiger partial charge on any atom is -0.379 e. The lowest BCUT2D eigenvalue weighted by Crippen LogP contribution is -2.14. The molecule has 0 bridgehead atoms. The second-order valence-electron chi connectivity index (χ2n) is 5.58. The molecule has 116 valence electrons. The summed E-state index contributed by atoms with van der Waals surface area (Å²) in [7, 11) is 0. The normalized spacial score (nSPS) is 24.4. The Balaban J connectivity index is 1.61. The van der Waals surface area contributed by atoms with Gasteiger partial charge in [-0.15, -0.1) is 5.10 Å². The molecule has 0 aromatic carbocycles. The highest BCUT2D eigenvalue weighted by molar-refractivity contribution is 7.99. The number of aromatic nitrogens is 5. The van der Waals surface area contributed by atoms with Gasteiger partial charge in [-0.3, -0.25) is 4.98 Å². The molecule has 2 aromatic heterocycles. The third-order valence-corrected chi connectivity index (χ3v) is 5.77. The lowest BCUT2D eigenvalue weighted by molar-refractivity contribution is 0.182. The van der Waals surface area contributed by atoms with Gasteiger partial charge in [0.05, 0.1) is 23.6 Å². The summed E-state index contributed by atoms with van der Waals surface area (Å²) in [6, 6.07) is 2.11. The predicted octanol–water partition coefficient (Wildman–Crippen LogP) is 2.85. The van der Waals surface area contributed by atoms with Crippen molar-refractivity contribution in [3.8, 4) is 0 Å². The summed E-state index contributed by atoms with van der Waals surface area (Å²) < 4.78 is 7.34. The molecule has 0 saturated carbocycles. The van der Waals surface area contributed by atoms with E-state index in [1.54, 1.807) is 18.0 Å². The molecule has 6 nitrogen and oxygen atoms in total. The Morgan fingerprint density at radius 2 is 2.32 bits per heavy atom.